The van der Waals surface area contributed by atoms with Gasteiger partial charge in [0.05, 0.1) is 19.1 Å². The summed E-state index contributed by atoms with van der Waals surface area (Å²) in [5.41, 5.74) is 2.33. The second-order valence-corrected chi connectivity index (χ2v) is 7.47. The van der Waals surface area contributed by atoms with Gasteiger partial charge in [-0.25, -0.2) is 4.99 Å². The van der Waals surface area contributed by atoms with E-state index in [1.54, 1.807) is 0 Å². The lowest BCUT2D eigenvalue weighted by atomic mass is 10.1. The molecule has 0 bridgehead atoms. The average molecular weight is 569 g/mol. The molecule has 0 saturated carbocycles. The number of nitrogens with zero attached hydrogens (tertiary/aromatic N) is 4. The Kier molecular flexibility index (Phi) is 9.09. The Balaban J connectivity index is 0.00000300. The highest BCUT2D eigenvalue weighted by Gasteiger charge is 2.12. The molecule has 154 valence electrons. The number of rotatable bonds is 6. The lowest BCUT2D eigenvalue weighted by Crippen LogP contribution is -2.39. The number of halogens is 2. The SMILES string of the molecule is Cc1nnc(CNC(=NCc2ccccc2)NC(C)c2ccccc2Br)n1C.I. The first-order valence-corrected chi connectivity index (χ1v) is 10.0. The lowest BCUT2D eigenvalue weighted by molar-refractivity contribution is 0.662. The fraction of sp³-hybridized carbons (Fsp3) is 0.286. The topological polar surface area (TPSA) is 67.1 Å². The second kappa shape index (κ2) is 11.3. The molecule has 2 aromatic carbocycles. The van der Waals surface area contributed by atoms with Gasteiger partial charge in [0.25, 0.3) is 0 Å². The largest absolute Gasteiger partial charge is 0.350 e. The van der Waals surface area contributed by atoms with Crippen LogP contribution in [0, 0.1) is 6.92 Å². The maximum absolute atomic E-state index is 4.76. The summed E-state index contributed by atoms with van der Waals surface area (Å²) in [6.07, 6.45) is 0. The Morgan fingerprint density at radius 1 is 1.10 bits per heavy atom. The first-order valence-electron chi connectivity index (χ1n) is 9.22. The standard InChI is InChI=1S/C21H25BrN6.HI/c1-15(18-11-7-8-12-19(18)22)25-21(23-13-17-9-5-4-6-10-17)24-14-20-27-26-16(2)28(20)3;/h4-12,15H,13-14H2,1-3H3,(H2,23,24,25);1H. The number of hydrogen-bond acceptors (Lipinski definition) is 3. The van der Waals surface area contributed by atoms with Crippen LogP contribution in [0.3, 0.4) is 0 Å². The summed E-state index contributed by atoms with van der Waals surface area (Å²) in [6, 6.07) is 18.5. The van der Waals surface area contributed by atoms with Gasteiger partial charge in [-0.3, -0.25) is 0 Å². The van der Waals surface area contributed by atoms with E-state index in [1.807, 2.05) is 54.9 Å². The number of guanidine groups is 1. The molecule has 2 N–H and O–H groups in total. The molecule has 6 nitrogen and oxygen atoms in total. The van der Waals surface area contributed by atoms with Crippen molar-refractivity contribution in [3.05, 3.63) is 81.8 Å². The van der Waals surface area contributed by atoms with E-state index >= 15 is 0 Å². The molecule has 0 fully saturated rings. The predicted octanol–water partition coefficient (Wildman–Crippen LogP) is 4.50. The van der Waals surface area contributed by atoms with Crippen molar-refractivity contribution < 1.29 is 0 Å². The number of hydrogen-bond donors (Lipinski definition) is 2. The molecule has 8 heteroatoms. The van der Waals surface area contributed by atoms with Gasteiger partial charge < -0.3 is 15.2 Å². The van der Waals surface area contributed by atoms with Crippen LogP contribution in [0.2, 0.25) is 0 Å². The quantitative estimate of drug-likeness (QED) is 0.261. The molecule has 0 radical (unpaired) electrons. The molecule has 0 aliphatic carbocycles. The average Bonchev–Trinajstić information content (AvgIpc) is 3.03. The first kappa shape index (κ1) is 23.3. The number of benzene rings is 2. The Bertz CT molecular complexity index is 941. The lowest BCUT2D eigenvalue weighted by Gasteiger charge is -2.19. The Morgan fingerprint density at radius 2 is 1.79 bits per heavy atom. The van der Waals surface area contributed by atoms with Crippen LogP contribution in [0.1, 0.15) is 35.7 Å². The molecule has 1 unspecified atom stereocenters. The van der Waals surface area contributed by atoms with E-state index in [0.29, 0.717) is 13.1 Å². The monoisotopic (exact) mass is 568 g/mol. The Hall–Kier alpha value is -1.94. The maximum Gasteiger partial charge on any atom is 0.192 e. The van der Waals surface area contributed by atoms with Crippen molar-refractivity contribution in [3.63, 3.8) is 0 Å². The van der Waals surface area contributed by atoms with Gasteiger partial charge in [-0.1, -0.05) is 64.5 Å². The van der Waals surface area contributed by atoms with Crippen molar-refractivity contribution in [1.29, 1.82) is 0 Å². The number of nitrogens with one attached hydrogen (secondary N) is 2. The van der Waals surface area contributed by atoms with Crippen LogP contribution in [0.5, 0.6) is 0 Å². The minimum atomic E-state index is 0. The van der Waals surface area contributed by atoms with Gasteiger partial charge in [0.2, 0.25) is 0 Å². The first-order chi connectivity index (χ1) is 13.5. The fourth-order valence-corrected chi connectivity index (χ4v) is 3.41. The van der Waals surface area contributed by atoms with Crippen molar-refractivity contribution in [2.24, 2.45) is 12.0 Å². The van der Waals surface area contributed by atoms with E-state index in [-0.39, 0.29) is 30.0 Å². The van der Waals surface area contributed by atoms with Crippen molar-refractivity contribution in [1.82, 2.24) is 25.4 Å². The molecule has 3 rings (SSSR count). The van der Waals surface area contributed by atoms with Gasteiger partial charge in [-0.2, -0.15) is 0 Å². The van der Waals surface area contributed by atoms with Crippen LogP contribution in [-0.2, 0) is 20.1 Å². The number of aryl methyl sites for hydroxylation is 1. The van der Waals surface area contributed by atoms with E-state index < -0.39 is 0 Å². The maximum atomic E-state index is 4.76. The molecule has 29 heavy (non-hydrogen) atoms. The number of aliphatic imine (C=N–C) groups is 1. The van der Waals surface area contributed by atoms with Crippen molar-refractivity contribution in [3.8, 4) is 0 Å². The Labute approximate surface area is 197 Å². The van der Waals surface area contributed by atoms with Crippen LogP contribution in [0.4, 0.5) is 0 Å². The summed E-state index contributed by atoms with van der Waals surface area (Å²) in [7, 11) is 1.96. The van der Waals surface area contributed by atoms with Gasteiger partial charge in [-0.15, -0.1) is 34.2 Å². The molecular weight excluding hydrogens is 543 g/mol. The Morgan fingerprint density at radius 3 is 2.45 bits per heavy atom. The summed E-state index contributed by atoms with van der Waals surface area (Å²) in [5, 5.41) is 15.2. The molecule has 0 saturated heterocycles. The molecular formula is C21H26BrIN6. The van der Waals surface area contributed by atoms with E-state index in [4.69, 9.17) is 4.99 Å². The van der Waals surface area contributed by atoms with Gasteiger partial charge in [0.1, 0.15) is 5.82 Å². The zero-order valence-corrected chi connectivity index (χ0v) is 20.7. The van der Waals surface area contributed by atoms with Crippen LogP contribution < -0.4 is 10.6 Å². The molecule has 1 aromatic heterocycles. The van der Waals surface area contributed by atoms with Gasteiger partial charge >= 0.3 is 0 Å². The van der Waals surface area contributed by atoms with Crippen molar-refractivity contribution in [2.75, 3.05) is 0 Å². The summed E-state index contributed by atoms with van der Waals surface area (Å²) >= 11 is 3.63. The van der Waals surface area contributed by atoms with Crippen molar-refractivity contribution >= 4 is 45.9 Å². The minimum absolute atomic E-state index is 0. The summed E-state index contributed by atoms with van der Waals surface area (Å²) in [5.74, 6) is 2.47. The normalized spacial score (nSPS) is 12.2. The van der Waals surface area contributed by atoms with Crippen molar-refractivity contribution in [2.45, 2.75) is 33.0 Å². The highest BCUT2D eigenvalue weighted by Crippen LogP contribution is 2.22. The van der Waals surface area contributed by atoms with E-state index in [0.717, 1.165) is 27.6 Å². The molecule has 3 aromatic rings. The van der Waals surface area contributed by atoms with Crippen LogP contribution >= 0.6 is 39.9 Å². The summed E-state index contributed by atoms with van der Waals surface area (Å²) in [6.45, 7) is 5.19. The predicted molar refractivity (Wildman–Crippen MR) is 131 cm³/mol. The number of aromatic nitrogens is 3. The molecule has 1 heterocycles. The molecule has 0 aliphatic rings. The zero-order chi connectivity index (χ0) is 19.9. The highest BCUT2D eigenvalue weighted by molar-refractivity contribution is 14.0. The highest BCUT2D eigenvalue weighted by atomic mass is 127. The molecule has 0 aliphatic heterocycles. The van der Waals surface area contributed by atoms with Gasteiger partial charge in [0.15, 0.2) is 11.8 Å². The third kappa shape index (κ3) is 6.53. The van der Waals surface area contributed by atoms with E-state index in [9.17, 15) is 0 Å². The fourth-order valence-electron chi connectivity index (χ4n) is 2.78. The van der Waals surface area contributed by atoms with Gasteiger partial charge in [0, 0.05) is 11.5 Å². The second-order valence-electron chi connectivity index (χ2n) is 6.61. The third-order valence-electron chi connectivity index (χ3n) is 4.58. The van der Waals surface area contributed by atoms with Crippen LogP contribution in [0.15, 0.2) is 64.1 Å². The van der Waals surface area contributed by atoms with Crippen LogP contribution in [-0.4, -0.2) is 20.7 Å². The summed E-state index contributed by atoms with van der Waals surface area (Å²) in [4.78, 5) is 4.76. The van der Waals surface area contributed by atoms with Gasteiger partial charge in [-0.05, 0) is 31.0 Å². The molecule has 0 spiro atoms. The summed E-state index contributed by atoms with van der Waals surface area (Å²) < 4.78 is 3.04. The van der Waals surface area contributed by atoms with E-state index in [2.05, 4.69) is 61.9 Å². The third-order valence-corrected chi connectivity index (χ3v) is 5.31. The van der Waals surface area contributed by atoms with Crippen LogP contribution in [0.25, 0.3) is 0 Å². The smallest absolute Gasteiger partial charge is 0.192 e. The molecule has 1 atom stereocenters. The molecule has 0 amide bonds. The van der Waals surface area contributed by atoms with E-state index in [1.165, 1.54) is 5.56 Å². The minimum Gasteiger partial charge on any atom is -0.350 e. The zero-order valence-electron chi connectivity index (χ0n) is 16.8.